The van der Waals surface area contributed by atoms with Crippen molar-refractivity contribution in [3.63, 3.8) is 0 Å². The molecule has 1 aliphatic rings. The van der Waals surface area contributed by atoms with Gasteiger partial charge in [0.25, 0.3) is 0 Å². The Morgan fingerprint density at radius 1 is 1.16 bits per heavy atom. The third kappa shape index (κ3) is 7.25. The summed E-state index contributed by atoms with van der Waals surface area (Å²) in [4.78, 5) is 2.46. The normalized spacial score (nSPS) is 18.8. The second-order valence-corrected chi connectivity index (χ2v) is 6.08. The molecule has 0 aromatic rings. The van der Waals surface area contributed by atoms with Crippen LogP contribution in [0.5, 0.6) is 0 Å². The largest absolute Gasteiger partial charge is 0.383 e. The summed E-state index contributed by atoms with van der Waals surface area (Å²) in [5.41, 5.74) is 0.337. The maximum atomic E-state index is 5.21. The highest BCUT2D eigenvalue weighted by atomic mass is 16.5. The lowest BCUT2D eigenvalue weighted by Crippen LogP contribution is -2.44. The molecule has 19 heavy (non-hydrogen) atoms. The smallest absolute Gasteiger partial charge is 0.0589 e. The van der Waals surface area contributed by atoms with E-state index in [4.69, 9.17) is 9.47 Å². The van der Waals surface area contributed by atoms with E-state index in [9.17, 15) is 0 Å². The second kappa shape index (κ2) is 8.90. The van der Waals surface area contributed by atoms with E-state index in [0.29, 0.717) is 5.41 Å². The Kier molecular flexibility index (Phi) is 7.91. The summed E-state index contributed by atoms with van der Waals surface area (Å²) in [7, 11) is 3.53. The first-order valence-electron chi connectivity index (χ1n) is 7.57. The van der Waals surface area contributed by atoms with Crippen molar-refractivity contribution < 1.29 is 9.47 Å². The van der Waals surface area contributed by atoms with Gasteiger partial charge in [-0.2, -0.15) is 0 Å². The van der Waals surface area contributed by atoms with Crippen molar-refractivity contribution in [1.29, 1.82) is 0 Å². The average molecular weight is 272 g/mol. The van der Waals surface area contributed by atoms with Gasteiger partial charge >= 0.3 is 0 Å². The average Bonchev–Trinajstić information content (AvgIpc) is 3.24. The zero-order valence-corrected chi connectivity index (χ0v) is 13.2. The Morgan fingerprint density at radius 3 is 2.16 bits per heavy atom. The predicted molar refractivity (Wildman–Crippen MR) is 79.6 cm³/mol. The van der Waals surface area contributed by atoms with Crippen LogP contribution in [0, 0.1) is 5.41 Å². The monoisotopic (exact) mass is 272 g/mol. The molecule has 1 N–H and O–H groups in total. The topological polar surface area (TPSA) is 33.7 Å². The predicted octanol–water partition coefficient (Wildman–Crippen LogP) is 1.75. The summed E-state index contributed by atoms with van der Waals surface area (Å²) in [6.07, 6.45) is 3.91. The van der Waals surface area contributed by atoms with Crippen LogP contribution in [0.15, 0.2) is 0 Å². The fourth-order valence-corrected chi connectivity index (χ4v) is 2.22. The van der Waals surface area contributed by atoms with E-state index in [-0.39, 0.29) is 0 Å². The molecule has 0 aromatic heterocycles. The maximum Gasteiger partial charge on any atom is 0.0589 e. The molecule has 1 fully saturated rings. The van der Waals surface area contributed by atoms with Crippen molar-refractivity contribution in [1.82, 2.24) is 10.2 Å². The number of nitrogens with one attached hydrogen (secondary N) is 1. The van der Waals surface area contributed by atoms with E-state index in [1.54, 1.807) is 14.2 Å². The lowest BCUT2D eigenvalue weighted by atomic mass is 9.86. The molecular weight excluding hydrogens is 240 g/mol. The van der Waals surface area contributed by atoms with E-state index in [2.05, 4.69) is 24.1 Å². The molecule has 0 amide bonds. The van der Waals surface area contributed by atoms with E-state index >= 15 is 0 Å². The Labute approximate surface area is 118 Å². The van der Waals surface area contributed by atoms with Gasteiger partial charge in [0, 0.05) is 46.4 Å². The zero-order chi connectivity index (χ0) is 14.1. The number of ether oxygens (including phenoxy) is 2. The molecule has 114 valence electrons. The highest BCUT2D eigenvalue weighted by molar-refractivity contribution is 4.86. The number of nitrogens with zero attached hydrogens (tertiary/aromatic N) is 1. The van der Waals surface area contributed by atoms with E-state index < -0.39 is 0 Å². The van der Waals surface area contributed by atoms with Crippen molar-refractivity contribution in [2.24, 2.45) is 5.41 Å². The van der Waals surface area contributed by atoms with Crippen LogP contribution in [0.4, 0.5) is 0 Å². The molecule has 1 saturated carbocycles. The maximum absolute atomic E-state index is 5.21. The van der Waals surface area contributed by atoms with Gasteiger partial charge in [0.1, 0.15) is 0 Å². The Morgan fingerprint density at radius 2 is 1.74 bits per heavy atom. The molecule has 0 heterocycles. The minimum atomic E-state index is 0.337. The summed E-state index contributed by atoms with van der Waals surface area (Å²) in [6.45, 7) is 10.5. The molecule has 4 heteroatoms. The van der Waals surface area contributed by atoms with Gasteiger partial charge in [-0.25, -0.2) is 0 Å². The van der Waals surface area contributed by atoms with Crippen molar-refractivity contribution in [2.75, 3.05) is 53.6 Å². The van der Waals surface area contributed by atoms with E-state index in [1.165, 1.54) is 19.3 Å². The highest BCUT2D eigenvalue weighted by Gasteiger charge is 2.28. The zero-order valence-electron chi connectivity index (χ0n) is 13.2. The van der Waals surface area contributed by atoms with Gasteiger partial charge in [-0.05, 0) is 24.7 Å². The molecular formula is C15H32N2O2. The quantitative estimate of drug-likeness (QED) is 0.587. The van der Waals surface area contributed by atoms with Crippen LogP contribution in [0.3, 0.4) is 0 Å². The van der Waals surface area contributed by atoms with Crippen LogP contribution in [-0.2, 0) is 9.47 Å². The summed E-state index contributed by atoms with van der Waals surface area (Å²) in [5, 5.41) is 3.68. The first-order valence-corrected chi connectivity index (χ1v) is 7.57. The van der Waals surface area contributed by atoms with Crippen LogP contribution in [-0.4, -0.2) is 64.6 Å². The first-order chi connectivity index (χ1) is 9.13. The molecule has 1 rings (SSSR count). The molecule has 0 saturated heterocycles. The van der Waals surface area contributed by atoms with Crippen LogP contribution in [0.1, 0.15) is 33.1 Å². The van der Waals surface area contributed by atoms with Crippen LogP contribution in [0.2, 0.25) is 0 Å². The first kappa shape index (κ1) is 16.9. The SMILES string of the molecule is CCC(C)(CNC1CC1)CN(CCOC)CCOC. The second-order valence-electron chi connectivity index (χ2n) is 6.08. The minimum Gasteiger partial charge on any atom is -0.383 e. The molecule has 0 spiro atoms. The van der Waals surface area contributed by atoms with Crippen molar-refractivity contribution in [3.8, 4) is 0 Å². The van der Waals surface area contributed by atoms with E-state index in [0.717, 1.165) is 45.4 Å². The minimum absolute atomic E-state index is 0.337. The lowest BCUT2D eigenvalue weighted by molar-refractivity contribution is 0.0818. The van der Waals surface area contributed by atoms with Crippen molar-refractivity contribution in [2.45, 2.75) is 39.2 Å². The van der Waals surface area contributed by atoms with Gasteiger partial charge in [-0.1, -0.05) is 13.8 Å². The van der Waals surface area contributed by atoms with Gasteiger partial charge in [0.05, 0.1) is 13.2 Å². The Balaban J connectivity index is 2.40. The summed E-state index contributed by atoms with van der Waals surface area (Å²) < 4.78 is 10.4. The molecule has 0 radical (unpaired) electrons. The molecule has 0 aliphatic heterocycles. The van der Waals surface area contributed by atoms with Gasteiger partial charge in [0.15, 0.2) is 0 Å². The highest BCUT2D eigenvalue weighted by Crippen LogP contribution is 2.25. The standard InChI is InChI=1S/C15H32N2O2/c1-5-15(2,12-16-14-6-7-14)13-17(8-10-18-3)9-11-19-4/h14,16H,5-13H2,1-4H3. The summed E-state index contributed by atoms with van der Waals surface area (Å²) >= 11 is 0. The fraction of sp³-hybridized carbons (Fsp3) is 1.00. The van der Waals surface area contributed by atoms with Gasteiger partial charge < -0.3 is 14.8 Å². The number of hydrogen-bond donors (Lipinski definition) is 1. The van der Waals surface area contributed by atoms with E-state index in [1.807, 2.05) is 0 Å². The van der Waals surface area contributed by atoms with Gasteiger partial charge in [-0.3, -0.25) is 4.90 Å². The molecule has 0 bridgehead atoms. The van der Waals surface area contributed by atoms with Gasteiger partial charge in [0.2, 0.25) is 0 Å². The van der Waals surface area contributed by atoms with Crippen LogP contribution in [0.25, 0.3) is 0 Å². The Bertz CT molecular complexity index is 226. The van der Waals surface area contributed by atoms with Crippen molar-refractivity contribution in [3.05, 3.63) is 0 Å². The lowest BCUT2D eigenvalue weighted by Gasteiger charge is -2.35. The third-order valence-electron chi connectivity index (χ3n) is 4.08. The summed E-state index contributed by atoms with van der Waals surface area (Å²) in [6, 6.07) is 0.789. The molecule has 0 aromatic carbocycles. The van der Waals surface area contributed by atoms with Crippen molar-refractivity contribution >= 4 is 0 Å². The molecule has 1 aliphatic carbocycles. The summed E-state index contributed by atoms with van der Waals surface area (Å²) in [5.74, 6) is 0. The third-order valence-corrected chi connectivity index (χ3v) is 4.08. The number of rotatable bonds is 12. The fourth-order valence-electron chi connectivity index (χ4n) is 2.22. The Hall–Kier alpha value is -0.160. The number of hydrogen-bond acceptors (Lipinski definition) is 4. The number of methoxy groups -OCH3 is 2. The molecule has 1 unspecified atom stereocenters. The molecule has 4 nitrogen and oxygen atoms in total. The van der Waals surface area contributed by atoms with Crippen LogP contribution < -0.4 is 5.32 Å². The molecule has 1 atom stereocenters. The van der Waals surface area contributed by atoms with Crippen LogP contribution >= 0.6 is 0 Å². The van der Waals surface area contributed by atoms with Gasteiger partial charge in [-0.15, -0.1) is 0 Å².